The second kappa shape index (κ2) is 5.15. The lowest BCUT2D eigenvalue weighted by Gasteiger charge is -2.27. The molecule has 1 N–H and O–H groups in total. The summed E-state index contributed by atoms with van der Waals surface area (Å²) >= 11 is 0. The van der Waals surface area contributed by atoms with Crippen LogP contribution in [0.1, 0.15) is 19.4 Å². The van der Waals surface area contributed by atoms with Crippen molar-refractivity contribution in [2.45, 2.75) is 25.9 Å². The standard InChI is InChI=1S/C15H20N2O4S/c1-15(2)10-11-4-3-5-12(13(11)21-15)16-14(18)17-6-8-22(19,20)9-7-17/h3-5H,6-10H2,1-2H3,(H,16,18). The lowest BCUT2D eigenvalue weighted by molar-refractivity contribution is 0.139. The number of hydrogen-bond donors (Lipinski definition) is 1. The van der Waals surface area contributed by atoms with E-state index in [4.69, 9.17) is 4.74 Å². The summed E-state index contributed by atoms with van der Waals surface area (Å²) in [4.78, 5) is 13.8. The van der Waals surface area contributed by atoms with Gasteiger partial charge in [-0.1, -0.05) is 12.1 Å². The van der Waals surface area contributed by atoms with Crippen molar-refractivity contribution in [1.29, 1.82) is 0 Å². The van der Waals surface area contributed by atoms with E-state index in [0.717, 1.165) is 12.0 Å². The summed E-state index contributed by atoms with van der Waals surface area (Å²) in [7, 11) is -2.99. The largest absolute Gasteiger partial charge is 0.485 e. The van der Waals surface area contributed by atoms with Gasteiger partial charge in [-0.25, -0.2) is 13.2 Å². The molecule has 0 radical (unpaired) electrons. The van der Waals surface area contributed by atoms with Crippen molar-refractivity contribution < 1.29 is 17.9 Å². The van der Waals surface area contributed by atoms with Gasteiger partial charge in [0.1, 0.15) is 11.4 Å². The molecule has 1 aromatic carbocycles. The second-order valence-corrected chi connectivity index (χ2v) is 8.71. The van der Waals surface area contributed by atoms with Gasteiger partial charge in [-0.2, -0.15) is 0 Å². The van der Waals surface area contributed by atoms with Crippen LogP contribution in [0.25, 0.3) is 0 Å². The number of sulfone groups is 1. The minimum absolute atomic E-state index is 0.0247. The zero-order chi connectivity index (χ0) is 16.0. The zero-order valence-electron chi connectivity index (χ0n) is 12.8. The van der Waals surface area contributed by atoms with E-state index in [1.807, 2.05) is 26.0 Å². The van der Waals surface area contributed by atoms with Crippen LogP contribution in [-0.2, 0) is 16.3 Å². The number of para-hydroxylation sites is 1. The first-order chi connectivity index (χ1) is 10.3. The van der Waals surface area contributed by atoms with Gasteiger partial charge in [-0.3, -0.25) is 0 Å². The van der Waals surface area contributed by atoms with Gasteiger partial charge in [0, 0.05) is 25.1 Å². The molecular weight excluding hydrogens is 304 g/mol. The molecule has 1 aromatic rings. The Hall–Kier alpha value is -1.76. The minimum Gasteiger partial charge on any atom is -0.485 e. The summed E-state index contributed by atoms with van der Waals surface area (Å²) in [6.07, 6.45) is 0.800. The monoisotopic (exact) mass is 324 g/mol. The van der Waals surface area contributed by atoms with Crippen LogP contribution in [0.3, 0.4) is 0 Å². The van der Waals surface area contributed by atoms with E-state index in [9.17, 15) is 13.2 Å². The zero-order valence-corrected chi connectivity index (χ0v) is 13.6. The normalized spacial score (nSPS) is 21.8. The highest BCUT2D eigenvalue weighted by molar-refractivity contribution is 7.91. The lowest BCUT2D eigenvalue weighted by atomic mass is 10.0. The fraction of sp³-hybridized carbons (Fsp3) is 0.533. The fourth-order valence-electron chi connectivity index (χ4n) is 2.82. The third-order valence-corrected chi connectivity index (χ3v) is 5.57. The van der Waals surface area contributed by atoms with Crippen molar-refractivity contribution in [3.05, 3.63) is 23.8 Å². The minimum atomic E-state index is -2.99. The molecule has 0 aromatic heterocycles. The summed E-state index contributed by atoms with van der Waals surface area (Å²) in [5, 5.41) is 2.84. The Labute approximate surface area is 130 Å². The van der Waals surface area contributed by atoms with Crippen molar-refractivity contribution >= 4 is 21.6 Å². The average molecular weight is 324 g/mol. The number of urea groups is 1. The molecular formula is C15H20N2O4S. The number of rotatable bonds is 1. The van der Waals surface area contributed by atoms with Crippen LogP contribution >= 0.6 is 0 Å². The molecule has 0 spiro atoms. The number of ether oxygens (including phenoxy) is 1. The molecule has 6 nitrogen and oxygen atoms in total. The van der Waals surface area contributed by atoms with Crippen LogP contribution in [0.4, 0.5) is 10.5 Å². The van der Waals surface area contributed by atoms with E-state index in [1.165, 1.54) is 4.90 Å². The Morgan fingerprint density at radius 3 is 2.64 bits per heavy atom. The van der Waals surface area contributed by atoms with Gasteiger partial charge in [-0.05, 0) is 19.9 Å². The highest BCUT2D eigenvalue weighted by Crippen LogP contribution is 2.40. The number of fused-ring (bicyclic) bond motifs is 1. The maximum atomic E-state index is 12.3. The Balaban J connectivity index is 1.73. The number of nitrogens with one attached hydrogen (secondary N) is 1. The third kappa shape index (κ3) is 3.04. The van der Waals surface area contributed by atoms with Gasteiger partial charge >= 0.3 is 6.03 Å². The Kier molecular flexibility index (Phi) is 3.55. The Bertz CT molecular complexity index is 698. The Morgan fingerprint density at radius 1 is 1.27 bits per heavy atom. The topological polar surface area (TPSA) is 75.7 Å². The molecule has 7 heteroatoms. The smallest absolute Gasteiger partial charge is 0.322 e. The number of benzene rings is 1. The van der Waals surface area contributed by atoms with Crippen molar-refractivity contribution in [3.8, 4) is 5.75 Å². The van der Waals surface area contributed by atoms with Crippen molar-refractivity contribution in [2.24, 2.45) is 0 Å². The van der Waals surface area contributed by atoms with E-state index in [2.05, 4.69) is 5.32 Å². The van der Waals surface area contributed by atoms with E-state index in [1.54, 1.807) is 6.07 Å². The van der Waals surface area contributed by atoms with Crippen LogP contribution in [0.15, 0.2) is 18.2 Å². The first kappa shape index (κ1) is 15.1. The van der Waals surface area contributed by atoms with Gasteiger partial charge < -0.3 is 15.0 Å². The number of hydrogen-bond acceptors (Lipinski definition) is 4. The van der Waals surface area contributed by atoms with Crippen molar-refractivity contribution in [3.63, 3.8) is 0 Å². The molecule has 2 heterocycles. The molecule has 2 aliphatic heterocycles. The van der Waals surface area contributed by atoms with Gasteiger partial charge in [0.05, 0.1) is 17.2 Å². The SMILES string of the molecule is CC1(C)Cc2cccc(NC(=O)N3CCS(=O)(=O)CC3)c2O1. The highest BCUT2D eigenvalue weighted by Gasteiger charge is 2.32. The molecule has 0 saturated carbocycles. The summed E-state index contributed by atoms with van der Waals surface area (Å²) in [5.74, 6) is 0.763. The first-order valence-corrected chi connectivity index (χ1v) is 9.15. The second-order valence-electron chi connectivity index (χ2n) is 6.40. The quantitative estimate of drug-likeness (QED) is 0.852. The van der Waals surface area contributed by atoms with E-state index in [0.29, 0.717) is 11.4 Å². The van der Waals surface area contributed by atoms with Crippen LogP contribution in [0.5, 0.6) is 5.75 Å². The number of nitrogens with zero attached hydrogens (tertiary/aromatic N) is 1. The lowest BCUT2D eigenvalue weighted by Crippen LogP contribution is -2.45. The van der Waals surface area contributed by atoms with Crippen molar-refractivity contribution in [2.75, 3.05) is 29.9 Å². The molecule has 2 amide bonds. The summed E-state index contributed by atoms with van der Waals surface area (Å²) in [6.45, 7) is 4.48. The molecule has 1 saturated heterocycles. The van der Waals surface area contributed by atoms with Crippen molar-refractivity contribution in [1.82, 2.24) is 4.90 Å². The average Bonchev–Trinajstić information content (AvgIpc) is 2.73. The molecule has 0 aliphatic carbocycles. The van der Waals surface area contributed by atoms with E-state index in [-0.39, 0.29) is 36.2 Å². The van der Waals surface area contributed by atoms with Gasteiger partial charge in [-0.15, -0.1) is 0 Å². The summed E-state index contributed by atoms with van der Waals surface area (Å²) in [5.41, 5.74) is 1.44. The molecule has 1 fully saturated rings. The Morgan fingerprint density at radius 2 is 1.95 bits per heavy atom. The molecule has 2 aliphatic rings. The van der Waals surface area contributed by atoms with Gasteiger partial charge in [0.25, 0.3) is 0 Å². The number of carbonyl (C=O) groups excluding carboxylic acids is 1. The highest BCUT2D eigenvalue weighted by atomic mass is 32.2. The van der Waals surface area contributed by atoms with Crippen LogP contribution in [0.2, 0.25) is 0 Å². The molecule has 0 unspecified atom stereocenters. The number of anilines is 1. The first-order valence-electron chi connectivity index (χ1n) is 7.33. The van der Waals surface area contributed by atoms with E-state index >= 15 is 0 Å². The fourth-order valence-corrected chi connectivity index (χ4v) is 4.03. The summed E-state index contributed by atoms with van der Waals surface area (Å²) in [6, 6.07) is 5.41. The van der Waals surface area contributed by atoms with Gasteiger partial charge in [0.15, 0.2) is 9.84 Å². The predicted octanol–water partition coefficient (Wildman–Crippen LogP) is 1.66. The summed E-state index contributed by atoms with van der Waals surface area (Å²) < 4.78 is 28.8. The molecule has 120 valence electrons. The van der Waals surface area contributed by atoms with E-state index < -0.39 is 9.84 Å². The molecule has 0 bridgehead atoms. The maximum Gasteiger partial charge on any atom is 0.322 e. The van der Waals surface area contributed by atoms with Crippen LogP contribution < -0.4 is 10.1 Å². The number of carbonyl (C=O) groups is 1. The molecule has 0 atom stereocenters. The third-order valence-electron chi connectivity index (χ3n) is 3.96. The molecule has 3 rings (SSSR count). The predicted molar refractivity (Wildman–Crippen MR) is 84.1 cm³/mol. The molecule has 22 heavy (non-hydrogen) atoms. The van der Waals surface area contributed by atoms with Crippen LogP contribution in [0, 0.1) is 0 Å². The number of amides is 2. The van der Waals surface area contributed by atoms with Gasteiger partial charge in [0.2, 0.25) is 0 Å². The maximum absolute atomic E-state index is 12.3. The van der Waals surface area contributed by atoms with Crippen LogP contribution in [-0.4, -0.2) is 49.5 Å².